The third-order valence-electron chi connectivity index (χ3n) is 2.75. The van der Waals surface area contributed by atoms with Crippen LogP contribution in [0.4, 0.5) is 0 Å². The van der Waals surface area contributed by atoms with E-state index in [4.69, 9.17) is 0 Å². The summed E-state index contributed by atoms with van der Waals surface area (Å²) in [5.74, 6) is -0.114. The highest BCUT2D eigenvalue weighted by molar-refractivity contribution is 5.81. The lowest BCUT2D eigenvalue weighted by Gasteiger charge is -2.19. The molecular weight excluding hydrogens is 192 g/mol. The molecule has 15 heavy (non-hydrogen) atoms. The molecule has 1 rings (SSSR count). The Morgan fingerprint density at radius 3 is 2.73 bits per heavy atom. The molecule has 0 bridgehead atoms. The second-order valence-corrected chi connectivity index (χ2v) is 4.11. The first-order chi connectivity index (χ1) is 7.25. The van der Waals surface area contributed by atoms with Crippen molar-refractivity contribution in [2.24, 2.45) is 0 Å². The smallest absolute Gasteiger partial charge is 0.252 e. The van der Waals surface area contributed by atoms with E-state index < -0.39 is 6.10 Å². The molecule has 0 radical (unpaired) electrons. The topological polar surface area (TPSA) is 52.6 Å². The van der Waals surface area contributed by atoms with Gasteiger partial charge in [0.1, 0.15) is 6.10 Å². The Hall–Kier alpha value is -0.610. The van der Waals surface area contributed by atoms with E-state index in [1.165, 1.54) is 0 Å². The van der Waals surface area contributed by atoms with E-state index in [1.807, 2.05) is 0 Å². The third-order valence-corrected chi connectivity index (χ3v) is 2.75. The number of carbonyl (C=O) groups is 1. The molecule has 1 heterocycles. The van der Waals surface area contributed by atoms with Crippen molar-refractivity contribution in [3.63, 3.8) is 0 Å². The van der Waals surface area contributed by atoms with Gasteiger partial charge in [-0.1, -0.05) is 13.3 Å². The van der Waals surface area contributed by atoms with Crippen molar-refractivity contribution in [2.45, 2.75) is 38.7 Å². The maximum atomic E-state index is 11.6. The van der Waals surface area contributed by atoms with E-state index in [2.05, 4.69) is 12.2 Å². The maximum Gasteiger partial charge on any atom is 0.252 e. The fourth-order valence-corrected chi connectivity index (χ4v) is 1.78. The number of nitrogens with zero attached hydrogens (tertiary/aromatic N) is 1. The van der Waals surface area contributed by atoms with Gasteiger partial charge in [0.05, 0.1) is 0 Å². The van der Waals surface area contributed by atoms with E-state index in [1.54, 1.807) is 4.90 Å². The maximum absolute atomic E-state index is 11.6. The SMILES string of the molecule is CCCCNCC(O)C(=O)N1CCCC1. The average molecular weight is 214 g/mol. The van der Waals surface area contributed by atoms with Crippen LogP contribution in [-0.4, -0.2) is 48.2 Å². The van der Waals surface area contributed by atoms with E-state index in [-0.39, 0.29) is 5.91 Å². The van der Waals surface area contributed by atoms with Gasteiger partial charge in [-0.2, -0.15) is 0 Å². The Bertz CT molecular complexity index is 191. The molecule has 4 heteroatoms. The summed E-state index contributed by atoms with van der Waals surface area (Å²) in [6.45, 7) is 5.00. The van der Waals surface area contributed by atoms with E-state index in [0.29, 0.717) is 6.54 Å². The number of unbranched alkanes of at least 4 members (excludes halogenated alkanes) is 1. The summed E-state index contributed by atoms with van der Waals surface area (Å²) >= 11 is 0. The number of carbonyl (C=O) groups excluding carboxylic acids is 1. The summed E-state index contributed by atoms with van der Waals surface area (Å²) in [7, 11) is 0. The predicted molar refractivity (Wildman–Crippen MR) is 59.6 cm³/mol. The average Bonchev–Trinajstić information content (AvgIpc) is 2.76. The highest BCUT2D eigenvalue weighted by Crippen LogP contribution is 2.08. The molecule has 1 atom stereocenters. The zero-order valence-corrected chi connectivity index (χ0v) is 9.54. The summed E-state index contributed by atoms with van der Waals surface area (Å²) in [6.07, 6.45) is 3.50. The first kappa shape index (κ1) is 12.5. The minimum absolute atomic E-state index is 0.114. The number of aliphatic hydroxyl groups is 1. The van der Waals surface area contributed by atoms with Crippen molar-refractivity contribution in [2.75, 3.05) is 26.2 Å². The molecule has 1 unspecified atom stereocenters. The van der Waals surface area contributed by atoms with E-state index >= 15 is 0 Å². The second kappa shape index (κ2) is 6.80. The van der Waals surface area contributed by atoms with Gasteiger partial charge in [-0.25, -0.2) is 0 Å². The molecule has 1 amide bonds. The molecule has 0 saturated carbocycles. The molecule has 1 fully saturated rings. The van der Waals surface area contributed by atoms with Crippen molar-refractivity contribution in [1.82, 2.24) is 10.2 Å². The third kappa shape index (κ3) is 4.18. The van der Waals surface area contributed by atoms with Gasteiger partial charge in [0.15, 0.2) is 0 Å². The van der Waals surface area contributed by atoms with Crippen LogP contribution in [0.25, 0.3) is 0 Å². The zero-order valence-electron chi connectivity index (χ0n) is 9.54. The number of nitrogens with one attached hydrogen (secondary N) is 1. The van der Waals surface area contributed by atoms with Gasteiger partial charge >= 0.3 is 0 Å². The Labute approximate surface area is 91.6 Å². The van der Waals surface area contributed by atoms with Gasteiger partial charge < -0.3 is 15.3 Å². The largest absolute Gasteiger partial charge is 0.382 e. The quantitative estimate of drug-likeness (QED) is 0.628. The van der Waals surface area contributed by atoms with Crippen LogP contribution in [0.1, 0.15) is 32.6 Å². The van der Waals surface area contributed by atoms with Crippen LogP contribution in [0.5, 0.6) is 0 Å². The molecule has 2 N–H and O–H groups in total. The van der Waals surface area contributed by atoms with Crippen LogP contribution in [0.3, 0.4) is 0 Å². The lowest BCUT2D eigenvalue weighted by atomic mass is 10.3. The van der Waals surface area contributed by atoms with Crippen LogP contribution in [-0.2, 0) is 4.79 Å². The molecule has 0 aliphatic carbocycles. The highest BCUT2D eigenvalue weighted by Gasteiger charge is 2.23. The molecule has 1 saturated heterocycles. The Balaban J connectivity index is 2.14. The highest BCUT2D eigenvalue weighted by atomic mass is 16.3. The lowest BCUT2D eigenvalue weighted by molar-refractivity contribution is -0.138. The number of likely N-dealkylation sites (tertiary alicyclic amines) is 1. The number of amides is 1. The molecule has 88 valence electrons. The van der Waals surface area contributed by atoms with Crippen molar-refractivity contribution < 1.29 is 9.90 Å². The van der Waals surface area contributed by atoms with Gasteiger partial charge in [0.25, 0.3) is 5.91 Å². The van der Waals surface area contributed by atoms with Gasteiger partial charge in [-0.15, -0.1) is 0 Å². The van der Waals surface area contributed by atoms with Crippen LogP contribution in [0, 0.1) is 0 Å². The Morgan fingerprint density at radius 1 is 1.47 bits per heavy atom. The summed E-state index contributed by atoms with van der Waals surface area (Å²) in [6, 6.07) is 0. The number of hydrogen-bond acceptors (Lipinski definition) is 3. The lowest BCUT2D eigenvalue weighted by Crippen LogP contribution is -2.42. The molecular formula is C11H22N2O2. The number of aliphatic hydroxyl groups excluding tert-OH is 1. The van der Waals surface area contributed by atoms with Crippen LogP contribution in [0.15, 0.2) is 0 Å². The number of hydrogen-bond donors (Lipinski definition) is 2. The van der Waals surface area contributed by atoms with Gasteiger partial charge in [-0.3, -0.25) is 4.79 Å². The van der Waals surface area contributed by atoms with Gasteiger partial charge in [0, 0.05) is 19.6 Å². The molecule has 0 aromatic heterocycles. The first-order valence-electron chi connectivity index (χ1n) is 5.93. The molecule has 1 aliphatic heterocycles. The molecule has 4 nitrogen and oxygen atoms in total. The summed E-state index contributed by atoms with van der Waals surface area (Å²) < 4.78 is 0. The zero-order chi connectivity index (χ0) is 11.1. The fraction of sp³-hybridized carbons (Fsp3) is 0.909. The van der Waals surface area contributed by atoms with Crippen LogP contribution >= 0.6 is 0 Å². The summed E-state index contributed by atoms with van der Waals surface area (Å²) in [5.41, 5.74) is 0. The Kier molecular flexibility index (Phi) is 5.65. The van der Waals surface area contributed by atoms with Crippen LogP contribution in [0.2, 0.25) is 0 Å². The van der Waals surface area contributed by atoms with Gasteiger partial charge in [-0.05, 0) is 25.8 Å². The van der Waals surface area contributed by atoms with Gasteiger partial charge in [0.2, 0.25) is 0 Å². The molecule has 1 aliphatic rings. The Morgan fingerprint density at radius 2 is 2.13 bits per heavy atom. The van der Waals surface area contributed by atoms with Crippen molar-refractivity contribution in [1.29, 1.82) is 0 Å². The van der Waals surface area contributed by atoms with E-state index in [0.717, 1.165) is 45.3 Å². The standard InChI is InChI=1S/C11H22N2O2/c1-2-3-6-12-9-10(14)11(15)13-7-4-5-8-13/h10,12,14H,2-9H2,1H3. The van der Waals surface area contributed by atoms with Crippen LogP contribution < -0.4 is 5.32 Å². The van der Waals surface area contributed by atoms with E-state index in [9.17, 15) is 9.90 Å². The number of rotatable bonds is 6. The molecule has 0 spiro atoms. The molecule has 0 aromatic rings. The minimum atomic E-state index is -0.861. The summed E-state index contributed by atoms with van der Waals surface area (Å²) in [5, 5.41) is 12.7. The first-order valence-corrected chi connectivity index (χ1v) is 5.93. The predicted octanol–water partition coefficient (Wildman–Crippen LogP) is 0.359. The monoisotopic (exact) mass is 214 g/mol. The summed E-state index contributed by atoms with van der Waals surface area (Å²) in [4.78, 5) is 13.4. The molecule has 0 aromatic carbocycles. The van der Waals surface area contributed by atoms with Crippen molar-refractivity contribution in [3.05, 3.63) is 0 Å². The van der Waals surface area contributed by atoms with Crippen molar-refractivity contribution >= 4 is 5.91 Å². The minimum Gasteiger partial charge on any atom is -0.382 e. The fourth-order valence-electron chi connectivity index (χ4n) is 1.78. The normalized spacial score (nSPS) is 18.1. The van der Waals surface area contributed by atoms with Crippen molar-refractivity contribution in [3.8, 4) is 0 Å². The second-order valence-electron chi connectivity index (χ2n) is 4.11.